The van der Waals surface area contributed by atoms with Gasteiger partial charge in [0.1, 0.15) is 0 Å². The van der Waals surface area contributed by atoms with Crippen molar-refractivity contribution in [3.63, 3.8) is 0 Å². The monoisotopic (exact) mass is 321 g/mol. The van der Waals surface area contributed by atoms with E-state index in [-0.39, 0.29) is 18.1 Å². The normalized spacial score (nSPS) is 24.4. The Bertz CT molecular complexity index is 564. The molecule has 0 aliphatic carbocycles. The van der Waals surface area contributed by atoms with Crippen LogP contribution in [0.1, 0.15) is 55.8 Å². The highest BCUT2D eigenvalue weighted by atomic mass is 16.5. The van der Waals surface area contributed by atoms with E-state index in [0.717, 1.165) is 62.4 Å². The Morgan fingerprint density at radius 1 is 1.39 bits per heavy atom. The third-order valence-corrected chi connectivity index (χ3v) is 5.02. The van der Waals surface area contributed by atoms with Crippen molar-refractivity contribution in [2.24, 2.45) is 7.05 Å². The van der Waals surface area contributed by atoms with Gasteiger partial charge in [0.2, 0.25) is 11.8 Å². The van der Waals surface area contributed by atoms with Crippen molar-refractivity contribution in [2.75, 3.05) is 20.3 Å². The minimum absolute atomic E-state index is 0.0932. The minimum Gasteiger partial charge on any atom is -0.481 e. The Morgan fingerprint density at radius 2 is 2.22 bits per heavy atom. The van der Waals surface area contributed by atoms with E-state index in [0.29, 0.717) is 6.42 Å². The van der Waals surface area contributed by atoms with Crippen LogP contribution >= 0.6 is 0 Å². The number of nitrogens with zero attached hydrogens (tertiary/aromatic N) is 3. The minimum atomic E-state index is 0.0932. The van der Waals surface area contributed by atoms with Crippen LogP contribution in [0.3, 0.4) is 0 Å². The summed E-state index contributed by atoms with van der Waals surface area (Å²) in [6.45, 7) is 3.66. The van der Waals surface area contributed by atoms with Gasteiger partial charge in [-0.1, -0.05) is 0 Å². The lowest BCUT2D eigenvalue weighted by atomic mass is 10.0. The Hall–Kier alpha value is -1.56. The summed E-state index contributed by atoms with van der Waals surface area (Å²) in [5.41, 5.74) is 2.02. The molecule has 0 N–H and O–H groups in total. The Kier molecular flexibility index (Phi) is 4.90. The van der Waals surface area contributed by atoms with Gasteiger partial charge in [-0.25, -0.2) is 4.68 Å². The van der Waals surface area contributed by atoms with Crippen molar-refractivity contribution in [1.82, 2.24) is 14.7 Å². The van der Waals surface area contributed by atoms with Gasteiger partial charge in [0.05, 0.1) is 30.5 Å². The number of ether oxygens (including phenoxy) is 2. The third-order valence-electron chi connectivity index (χ3n) is 5.02. The summed E-state index contributed by atoms with van der Waals surface area (Å²) in [6, 6.07) is 0.0932. The maximum Gasteiger partial charge on any atom is 0.223 e. The molecule has 3 heterocycles. The van der Waals surface area contributed by atoms with Gasteiger partial charge in [0, 0.05) is 26.6 Å². The van der Waals surface area contributed by atoms with Crippen molar-refractivity contribution in [3.8, 4) is 5.88 Å². The molecule has 1 aromatic heterocycles. The second-order valence-corrected chi connectivity index (χ2v) is 6.55. The summed E-state index contributed by atoms with van der Waals surface area (Å²) in [6.07, 6.45) is 5.91. The summed E-state index contributed by atoms with van der Waals surface area (Å²) in [5.74, 6) is 1.000. The number of carbonyl (C=O) groups is 1. The first-order valence-corrected chi connectivity index (χ1v) is 8.60. The van der Waals surface area contributed by atoms with E-state index in [1.807, 2.05) is 18.9 Å². The molecule has 2 atom stereocenters. The van der Waals surface area contributed by atoms with Crippen LogP contribution in [-0.2, 0) is 16.6 Å². The zero-order valence-corrected chi connectivity index (χ0v) is 14.4. The molecule has 2 saturated heterocycles. The molecular formula is C17H27N3O3. The summed E-state index contributed by atoms with van der Waals surface area (Å²) < 4.78 is 12.9. The summed E-state index contributed by atoms with van der Waals surface area (Å²) in [4.78, 5) is 14.7. The van der Waals surface area contributed by atoms with Crippen molar-refractivity contribution in [1.29, 1.82) is 0 Å². The van der Waals surface area contributed by atoms with Crippen molar-refractivity contribution < 1.29 is 14.3 Å². The van der Waals surface area contributed by atoms with Crippen LogP contribution in [0.15, 0.2) is 0 Å². The Balaban J connectivity index is 1.71. The highest BCUT2D eigenvalue weighted by Crippen LogP contribution is 2.39. The molecule has 2 aliphatic rings. The van der Waals surface area contributed by atoms with Crippen LogP contribution in [0, 0.1) is 6.92 Å². The molecule has 0 unspecified atom stereocenters. The second-order valence-electron chi connectivity index (χ2n) is 6.55. The number of hydrogen-bond donors (Lipinski definition) is 0. The molecule has 0 bridgehead atoms. The van der Waals surface area contributed by atoms with Crippen LogP contribution in [0.5, 0.6) is 5.88 Å². The zero-order valence-electron chi connectivity index (χ0n) is 14.4. The fourth-order valence-electron chi connectivity index (χ4n) is 3.94. The van der Waals surface area contributed by atoms with E-state index in [2.05, 4.69) is 5.10 Å². The van der Waals surface area contributed by atoms with Crippen LogP contribution < -0.4 is 4.74 Å². The molecule has 2 fully saturated rings. The molecule has 0 aromatic carbocycles. The quantitative estimate of drug-likeness (QED) is 0.835. The molecule has 1 aromatic rings. The maximum atomic E-state index is 12.7. The average molecular weight is 321 g/mol. The fraction of sp³-hybridized carbons (Fsp3) is 0.765. The lowest BCUT2D eigenvalue weighted by Gasteiger charge is -2.26. The van der Waals surface area contributed by atoms with Crippen LogP contribution in [0.2, 0.25) is 0 Å². The van der Waals surface area contributed by atoms with Crippen molar-refractivity contribution in [3.05, 3.63) is 11.3 Å². The molecule has 0 spiro atoms. The van der Waals surface area contributed by atoms with E-state index >= 15 is 0 Å². The molecular weight excluding hydrogens is 294 g/mol. The standard InChI is InChI=1S/C17H27N3O3/c1-12-16(17(22-3)19(2)18-12)14-7-4-10-20(14)15(21)9-8-13-6-5-11-23-13/h13-14H,4-11H2,1-3H3/t13-,14+/m1/s1. The lowest BCUT2D eigenvalue weighted by molar-refractivity contribution is -0.132. The Morgan fingerprint density at radius 3 is 2.91 bits per heavy atom. The molecule has 6 nitrogen and oxygen atoms in total. The molecule has 0 radical (unpaired) electrons. The van der Waals surface area contributed by atoms with Crippen LogP contribution in [0.25, 0.3) is 0 Å². The van der Waals surface area contributed by atoms with E-state index in [9.17, 15) is 4.79 Å². The molecule has 2 aliphatic heterocycles. The third kappa shape index (κ3) is 3.22. The fourth-order valence-corrected chi connectivity index (χ4v) is 3.94. The number of methoxy groups -OCH3 is 1. The highest BCUT2D eigenvalue weighted by molar-refractivity contribution is 5.77. The number of amides is 1. The maximum absolute atomic E-state index is 12.7. The zero-order chi connectivity index (χ0) is 16.4. The average Bonchev–Trinajstić information content (AvgIpc) is 3.24. The lowest BCUT2D eigenvalue weighted by Crippen LogP contribution is -2.31. The van der Waals surface area contributed by atoms with Gasteiger partial charge in [0.15, 0.2) is 0 Å². The smallest absolute Gasteiger partial charge is 0.223 e. The van der Waals surface area contributed by atoms with Crippen molar-refractivity contribution >= 4 is 5.91 Å². The highest BCUT2D eigenvalue weighted by Gasteiger charge is 2.35. The molecule has 6 heteroatoms. The van der Waals surface area contributed by atoms with Gasteiger partial charge in [0.25, 0.3) is 0 Å². The number of aryl methyl sites for hydroxylation is 2. The van der Waals surface area contributed by atoms with Crippen molar-refractivity contribution in [2.45, 2.75) is 57.6 Å². The molecule has 3 rings (SSSR count). The van der Waals surface area contributed by atoms with Crippen LogP contribution in [0.4, 0.5) is 0 Å². The number of likely N-dealkylation sites (tertiary alicyclic amines) is 1. The van der Waals surface area contributed by atoms with Gasteiger partial charge in [-0.3, -0.25) is 4.79 Å². The van der Waals surface area contributed by atoms with Crippen LogP contribution in [-0.4, -0.2) is 47.0 Å². The first-order chi connectivity index (χ1) is 11.1. The topological polar surface area (TPSA) is 56.6 Å². The largest absolute Gasteiger partial charge is 0.481 e. The van der Waals surface area contributed by atoms with Gasteiger partial charge < -0.3 is 14.4 Å². The van der Waals surface area contributed by atoms with E-state index < -0.39 is 0 Å². The summed E-state index contributed by atoms with van der Waals surface area (Å²) >= 11 is 0. The van der Waals surface area contributed by atoms with E-state index in [4.69, 9.17) is 9.47 Å². The van der Waals surface area contributed by atoms with Gasteiger partial charge in [-0.15, -0.1) is 0 Å². The number of aromatic nitrogens is 2. The molecule has 23 heavy (non-hydrogen) atoms. The number of carbonyl (C=O) groups excluding carboxylic acids is 1. The number of hydrogen-bond acceptors (Lipinski definition) is 4. The molecule has 1 amide bonds. The predicted molar refractivity (Wildman–Crippen MR) is 86.4 cm³/mol. The van der Waals surface area contributed by atoms with Gasteiger partial charge >= 0.3 is 0 Å². The molecule has 0 saturated carbocycles. The first kappa shape index (κ1) is 16.3. The van der Waals surface area contributed by atoms with E-state index in [1.165, 1.54) is 0 Å². The second kappa shape index (κ2) is 6.91. The SMILES string of the molecule is COc1c([C@@H]2CCCN2C(=O)CC[C@H]2CCCO2)c(C)nn1C. The Labute approximate surface area is 137 Å². The van der Waals surface area contributed by atoms with Gasteiger partial charge in [-0.2, -0.15) is 5.10 Å². The first-order valence-electron chi connectivity index (χ1n) is 8.60. The number of rotatable bonds is 5. The predicted octanol–water partition coefficient (Wildman–Crippen LogP) is 2.36. The summed E-state index contributed by atoms with van der Waals surface area (Å²) in [7, 11) is 3.55. The molecule has 128 valence electrons. The van der Waals surface area contributed by atoms with E-state index in [1.54, 1.807) is 11.8 Å². The summed E-state index contributed by atoms with van der Waals surface area (Å²) in [5, 5.41) is 4.46. The van der Waals surface area contributed by atoms with Gasteiger partial charge in [-0.05, 0) is 39.0 Å².